The van der Waals surface area contributed by atoms with E-state index >= 15 is 0 Å². The number of carbonyl (C=O) groups excluding carboxylic acids is 1. The molecule has 0 bridgehead atoms. The van der Waals surface area contributed by atoms with E-state index in [4.69, 9.17) is 9.79 Å². The predicted octanol–water partition coefficient (Wildman–Crippen LogP) is 0.650. The molecule has 0 aromatic heterocycles. The average Bonchev–Trinajstić information content (AvgIpc) is 2.07. The van der Waals surface area contributed by atoms with Crippen LogP contribution in [0.25, 0.3) is 0 Å². The van der Waals surface area contributed by atoms with Crippen LogP contribution in [0.5, 0.6) is 0 Å². The summed E-state index contributed by atoms with van der Waals surface area (Å²) in [6.07, 6.45) is 0.747. The second-order valence-electron chi connectivity index (χ2n) is 4.02. The fourth-order valence-electron chi connectivity index (χ4n) is 1.22. The first-order valence-corrected chi connectivity index (χ1v) is 8.93. The van der Waals surface area contributed by atoms with Gasteiger partial charge in [0.15, 0.2) is 0 Å². The van der Waals surface area contributed by atoms with Gasteiger partial charge in [-0.05, 0) is 12.8 Å². The van der Waals surface area contributed by atoms with Gasteiger partial charge in [0.2, 0.25) is 13.3 Å². The number of hydrogen-bond donors (Lipinski definition) is 3. The zero-order valence-electron chi connectivity index (χ0n) is 9.94. The largest absolute Gasteiger partial charge is 0.346 e. The van der Waals surface area contributed by atoms with E-state index in [9.17, 15) is 18.8 Å². The van der Waals surface area contributed by atoms with Gasteiger partial charge in [0.1, 0.15) is 5.90 Å². The highest BCUT2D eigenvalue weighted by Gasteiger charge is 2.28. The van der Waals surface area contributed by atoms with E-state index in [1.807, 2.05) is 0 Å². The Hall–Kier alpha value is -0.190. The lowest BCUT2D eigenvalue weighted by Gasteiger charge is -2.15. The lowest BCUT2D eigenvalue weighted by Crippen LogP contribution is -2.24. The maximum Gasteiger partial charge on any atom is 0.335 e. The van der Waals surface area contributed by atoms with Gasteiger partial charge in [-0.15, -0.1) is 0 Å². The minimum absolute atomic E-state index is 0.0904. The van der Waals surface area contributed by atoms with Crippen LogP contribution in [-0.2, 0) is 13.9 Å². The number of carbonyl (C=O) groups is 1. The molecule has 0 saturated heterocycles. The topological polar surface area (TPSA) is 115 Å². The van der Waals surface area contributed by atoms with Crippen molar-refractivity contribution < 1.29 is 28.6 Å². The molecule has 0 rings (SSSR count). The monoisotopic (exact) mass is 287 g/mol. The lowest BCUT2D eigenvalue weighted by molar-refractivity contribution is -0.127. The van der Waals surface area contributed by atoms with Gasteiger partial charge in [-0.25, -0.2) is 0 Å². The van der Waals surface area contributed by atoms with Gasteiger partial charge >= 0.3 is 7.60 Å². The third kappa shape index (κ3) is 9.51. The predicted molar refractivity (Wildman–Crippen MR) is 64.1 cm³/mol. The Morgan fingerprint density at radius 1 is 1.18 bits per heavy atom. The van der Waals surface area contributed by atoms with Crippen LogP contribution in [-0.4, -0.2) is 51.1 Å². The smallest absolute Gasteiger partial charge is 0.335 e. The van der Waals surface area contributed by atoms with E-state index in [-0.39, 0.29) is 12.1 Å². The maximum absolute atomic E-state index is 11.4. The van der Waals surface area contributed by atoms with Gasteiger partial charge in [0, 0.05) is 26.7 Å². The molecule has 0 spiro atoms. The fourth-order valence-corrected chi connectivity index (χ4v) is 4.81. The quantitative estimate of drug-likeness (QED) is 0.468. The Balaban J connectivity index is 3.93. The molecule has 0 radical (unpaired) electrons. The first-order valence-electron chi connectivity index (χ1n) is 5.11. The summed E-state index contributed by atoms with van der Waals surface area (Å²) in [6.45, 7) is 1.88. The first-order chi connectivity index (χ1) is 7.53. The number of amides is 1. The first kappa shape index (κ1) is 16.8. The number of hydrogen-bond acceptors (Lipinski definition) is 3. The molecule has 0 aliphatic rings. The third-order valence-electron chi connectivity index (χ3n) is 2.19. The Labute approximate surface area is 100 Å². The zero-order valence-corrected chi connectivity index (χ0v) is 11.7. The Morgan fingerprint density at radius 3 is 2.12 bits per heavy atom. The van der Waals surface area contributed by atoms with Crippen molar-refractivity contribution in [2.24, 2.45) is 0 Å². The lowest BCUT2D eigenvalue weighted by atomic mass is 10.3. The van der Waals surface area contributed by atoms with Gasteiger partial charge in [-0.1, -0.05) is 0 Å². The molecule has 17 heavy (non-hydrogen) atoms. The second kappa shape index (κ2) is 6.66. The van der Waals surface area contributed by atoms with Crippen LogP contribution in [0.15, 0.2) is 0 Å². The summed E-state index contributed by atoms with van der Waals surface area (Å²) < 4.78 is 22.0. The molecule has 1 atom stereocenters. The van der Waals surface area contributed by atoms with Gasteiger partial charge in [-0.3, -0.25) is 13.9 Å². The minimum Gasteiger partial charge on any atom is -0.346 e. The third-order valence-corrected chi connectivity index (χ3v) is 6.45. The molecule has 9 heteroatoms. The van der Waals surface area contributed by atoms with E-state index < -0.39 is 20.9 Å². The summed E-state index contributed by atoms with van der Waals surface area (Å²) in [6, 6.07) is 0. The SMILES string of the molecule is CC(=O)N(C)CCCCP(=O)(O)CP(=O)(O)O. The van der Waals surface area contributed by atoms with Crippen molar-refractivity contribution >= 4 is 20.9 Å². The molecule has 102 valence electrons. The van der Waals surface area contributed by atoms with Crippen molar-refractivity contribution in [1.82, 2.24) is 4.90 Å². The van der Waals surface area contributed by atoms with Crippen LogP contribution in [0.3, 0.4) is 0 Å². The molecule has 1 amide bonds. The van der Waals surface area contributed by atoms with Gasteiger partial charge in [0.25, 0.3) is 0 Å². The second-order valence-corrected chi connectivity index (χ2v) is 8.62. The van der Waals surface area contributed by atoms with E-state index in [0.717, 1.165) is 0 Å². The molecule has 0 aromatic rings. The van der Waals surface area contributed by atoms with Crippen LogP contribution in [0.2, 0.25) is 0 Å². The van der Waals surface area contributed by atoms with Crippen molar-refractivity contribution in [2.45, 2.75) is 19.8 Å². The summed E-state index contributed by atoms with van der Waals surface area (Å²) in [5, 5.41) is 0. The van der Waals surface area contributed by atoms with E-state index in [0.29, 0.717) is 19.4 Å². The number of unbranched alkanes of at least 4 members (excludes halogenated alkanes) is 1. The van der Waals surface area contributed by atoms with Crippen LogP contribution >= 0.6 is 15.0 Å². The van der Waals surface area contributed by atoms with Crippen molar-refractivity contribution in [3.05, 3.63) is 0 Å². The van der Waals surface area contributed by atoms with Crippen LogP contribution in [0.4, 0.5) is 0 Å². The summed E-state index contributed by atoms with van der Waals surface area (Å²) >= 11 is 0. The Morgan fingerprint density at radius 2 is 1.71 bits per heavy atom. The molecule has 7 nitrogen and oxygen atoms in total. The number of rotatable bonds is 7. The van der Waals surface area contributed by atoms with Crippen molar-refractivity contribution in [3.8, 4) is 0 Å². The standard InChI is InChI=1S/C8H19NO6P2/c1-8(10)9(2)5-3-4-6-16(11,12)7-17(13,14)15/h3-7H2,1-2H3,(H,11,12)(H2,13,14,15). The molecule has 0 aromatic carbocycles. The zero-order chi connectivity index (χ0) is 13.7. The highest BCUT2D eigenvalue weighted by Crippen LogP contribution is 2.54. The Kier molecular flexibility index (Phi) is 6.59. The van der Waals surface area contributed by atoms with E-state index in [1.54, 1.807) is 7.05 Å². The van der Waals surface area contributed by atoms with Gasteiger partial charge < -0.3 is 19.6 Å². The normalized spacial score (nSPS) is 15.4. The summed E-state index contributed by atoms with van der Waals surface area (Å²) in [7, 11) is -6.59. The highest BCUT2D eigenvalue weighted by atomic mass is 31.2. The summed E-state index contributed by atoms with van der Waals surface area (Å²) in [4.78, 5) is 38.8. The summed E-state index contributed by atoms with van der Waals surface area (Å²) in [5.74, 6) is -1.06. The molecule has 0 fully saturated rings. The Bertz CT molecular complexity index is 352. The number of nitrogens with zero attached hydrogens (tertiary/aromatic N) is 1. The highest BCUT2D eigenvalue weighted by molar-refractivity contribution is 7.72. The molecular formula is C8H19NO6P2. The van der Waals surface area contributed by atoms with Crippen LogP contribution in [0, 0.1) is 0 Å². The fraction of sp³-hybridized carbons (Fsp3) is 0.875. The van der Waals surface area contributed by atoms with E-state index in [1.165, 1.54) is 11.8 Å². The molecule has 0 heterocycles. The molecular weight excluding hydrogens is 268 g/mol. The molecule has 0 aliphatic carbocycles. The minimum atomic E-state index is -4.45. The van der Waals surface area contributed by atoms with Crippen molar-refractivity contribution in [1.29, 1.82) is 0 Å². The van der Waals surface area contributed by atoms with E-state index in [2.05, 4.69) is 0 Å². The molecule has 0 aliphatic heterocycles. The summed E-state index contributed by atoms with van der Waals surface area (Å²) in [5.41, 5.74) is 0. The molecule has 1 unspecified atom stereocenters. The maximum atomic E-state index is 11.4. The average molecular weight is 287 g/mol. The molecule has 3 N–H and O–H groups in total. The van der Waals surface area contributed by atoms with Gasteiger partial charge in [0.05, 0.1) is 0 Å². The van der Waals surface area contributed by atoms with Gasteiger partial charge in [-0.2, -0.15) is 0 Å². The van der Waals surface area contributed by atoms with Crippen LogP contribution < -0.4 is 0 Å². The van der Waals surface area contributed by atoms with Crippen LogP contribution in [0.1, 0.15) is 19.8 Å². The van der Waals surface area contributed by atoms with Crippen molar-refractivity contribution in [2.75, 3.05) is 25.7 Å². The molecule has 0 saturated carbocycles. The van der Waals surface area contributed by atoms with Crippen molar-refractivity contribution in [3.63, 3.8) is 0 Å².